The van der Waals surface area contributed by atoms with E-state index in [1.807, 2.05) is 61.5 Å². The zero-order valence-electron chi connectivity index (χ0n) is 22.0. The number of halogens is 2. The van der Waals surface area contributed by atoms with Gasteiger partial charge in [-0.05, 0) is 57.7 Å². The van der Waals surface area contributed by atoms with E-state index >= 15 is 0 Å². The minimum absolute atomic E-state index is 0.137. The number of hydrogen-bond donors (Lipinski definition) is 1. The monoisotopic (exact) mass is 677 g/mol. The van der Waals surface area contributed by atoms with E-state index in [1.54, 1.807) is 24.3 Å². The summed E-state index contributed by atoms with van der Waals surface area (Å²) in [6.07, 6.45) is 3.08. The molecule has 3 aromatic carbocycles. The van der Waals surface area contributed by atoms with Crippen molar-refractivity contribution in [2.24, 2.45) is 0 Å². The summed E-state index contributed by atoms with van der Waals surface area (Å²) in [5, 5.41) is 2.98. The zero-order chi connectivity index (χ0) is 28.4. The van der Waals surface area contributed by atoms with Crippen LogP contribution in [0.5, 0.6) is 0 Å². The molecule has 0 radical (unpaired) electrons. The van der Waals surface area contributed by atoms with E-state index in [9.17, 15) is 18.0 Å². The number of nitrogens with one attached hydrogen (secondary N) is 1. The molecule has 3 rings (SSSR count). The number of amides is 2. The maximum Gasteiger partial charge on any atom is 0.244 e. The quantitative estimate of drug-likeness (QED) is 0.241. The van der Waals surface area contributed by atoms with Crippen LogP contribution in [0.25, 0.3) is 0 Å². The lowest BCUT2D eigenvalue weighted by Crippen LogP contribution is -2.53. The molecule has 0 fully saturated rings. The molecule has 208 valence electrons. The van der Waals surface area contributed by atoms with Crippen molar-refractivity contribution in [2.45, 2.75) is 38.8 Å². The standard InChI is InChI=1S/C29H33Br2N3O4S/c1-3-4-18-32-29(36)27(19-22-10-6-5-7-11-22)33(20-23-14-16-24(30)17-15-23)28(35)21-34(39(2,37)38)26-13-9-8-12-25(26)31/h5-17,27H,3-4,18-21H2,1-2H3,(H,32,36)/t27-/m1/s1. The van der Waals surface area contributed by atoms with Crippen LogP contribution in [0.1, 0.15) is 30.9 Å². The van der Waals surface area contributed by atoms with Gasteiger partial charge in [0.2, 0.25) is 21.8 Å². The molecule has 0 unspecified atom stereocenters. The highest BCUT2D eigenvalue weighted by Gasteiger charge is 2.33. The van der Waals surface area contributed by atoms with Gasteiger partial charge in [0.1, 0.15) is 12.6 Å². The lowest BCUT2D eigenvalue weighted by Gasteiger charge is -2.33. The average Bonchev–Trinajstić information content (AvgIpc) is 2.91. The number of carbonyl (C=O) groups excluding carboxylic acids is 2. The summed E-state index contributed by atoms with van der Waals surface area (Å²) in [6.45, 7) is 2.22. The van der Waals surface area contributed by atoms with Gasteiger partial charge in [0.15, 0.2) is 0 Å². The average molecular weight is 679 g/mol. The van der Waals surface area contributed by atoms with Gasteiger partial charge in [-0.1, -0.05) is 83.9 Å². The van der Waals surface area contributed by atoms with Gasteiger partial charge in [-0.3, -0.25) is 13.9 Å². The Morgan fingerprint density at radius 3 is 2.15 bits per heavy atom. The molecule has 0 saturated carbocycles. The van der Waals surface area contributed by atoms with Gasteiger partial charge in [0, 0.05) is 28.5 Å². The van der Waals surface area contributed by atoms with Crippen molar-refractivity contribution in [2.75, 3.05) is 23.7 Å². The first-order valence-corrected chi connectivity index (χ1v) is 16.1. The van der Waals surface area contributed by atoms with Crippen LogP contribution in [0.2, 0.25) is 0 Å². The summed E-state index contributed by atoms with van der Waals surface area (Å²) in [5.41, 5.74) is 2.06. The molecule has 0 aliphatic rings. The van der Waals surface area contributed by atoms with Gasteiger partial charge in [0.05, 0.1) is 11.9 Å². The fraction of sp³-hybridized carbons (Fsp3) is 0.310. The highest BCUT2D eigenvalue weighted by molar-refractivity contribution is 9.10. The van der Waals surface area contributed by atoms with Crippen LogP contribution in [0.3, 0.4) is 0 Å². The van der Waals surface area contributed by atoms with E-state index in [0.717, 1.165) is 39.0 Å². The lowest BCUT2D eigenvalue weighted by atomic mass is 10.0. The third-order valence-electron chi connectivity index (χ3n) is 6.17. The second-order valence-electron chi connectivity index (χ2n) is 9.22. The van der Waals surface area contributed by atoms with Crippen molar-refractivity contribution >= 4 is 59.4 Å². The van der Waals surface area contributed by atoms with E-state index < -0.39 is 28.5 Å². The second-order valence-corrected chi connectivity index (χ2v) is 12.9. The van der Waals surface area contributed by atoms with Crippen molar-refractivity contribution in [3.8, 4) is 0 Å². The molecule has 0 bridgehead atoms. The zero-order valence-corrected chi connectivity index (χ0v) is 26.0. The van der Waals surface area contributed by atoms with Crippen LogP contribution in [0, 0.1) is 0 Å². The molecule has 0 aliphatic carbocycles. The maximum atomic E-state index is 14.0. The first-order valence-electron chi connectivity index (χ1n) is 12.7. The Bertz CT molecular complexity index is 1350. The van der Waals surface area contributed by atoms with Gasteiger partial charge >= 0.3 is 0 Å². The van der Waals surface area contributed by atoms with Crippen LogP contribution in [-0.2, 0) is 32.6 Å². The summed E-state index contributed by atoms with van der Waals surface area (Å²) >= 11 is 6.85. The Labute approximate surface area is 247 Å². The van der Waals surface area contributed by atoms with E-state index in [2.05, 4.69) is 37.2 Å². The molecular weight excluding hydrogens is 646 g/mol. The molecule has 0 heterocycles. The molecule has 2 amide bonds. The molecule has 7 nitrogen and oxygen atoms in total. The molecular formula is C29H33Br2N3O4S. The third-order valence-corrected chi connectivity index (χ3v) is 8.49. The first-order chi connectivity index (χ1) is 18.6. The summed E-state index contributed by atoms with van der Waals surface area (Å²) in [6, 6.07) is 23.0. The van der Waals surface area contributed by atoms with Gasteiger partial charge < -0.3 is 10.2 Å². The molecule has 39 heavy (non-hydrogen) atoms. The highest BCUT2D eigenvalue weighted by Crippen LogP contribution is 2.28. The minimum atomic E-state index is -3.82. The Kier molecular flexibility index (Phi) is 11.6. The van der Waals surface area contributed by atoms with E-state index in [-0.39, 0.29) is 18.9 Å². The summed E-state index contributed by atoms with van der Waals surface area (Å²) in [4.78, 5) is 29.1. The molecule has 0 spiro atoms. The number of nitrogens with zero attached hydrogens (tertiary/aromatic N) is 2. The SMILES string of the molecule is CCCCNC(=O)[C@@H](Cc1ccccc1)N(Cc1ccc(Br)cc1)C(=O)CN(c1ccccc1Br)S(C)(=O)=O. The van der Waals surface area contributed by atoms with Crippen molar-refractivity contribution < 1.29 is 18.0 Å². The number of carbonyl (C=O) groups is 2. The number of benzene rings is 3. The molecule has 0 saturated heterocycles. The van der Waals surface area contributed by atoms with Crippen LogP contribution in [0.15, 0.2) is 87.8 Å². The molecule has 3 aromatic rings. The van der Waals surface area contributed by atoms with Crippen LogP contribution < -0.4 is 9.62 Å². The van der Waals surface area contributed by atoms with Gasteiger partial charge in [-0.2, -0.15) is 0 Å². The van der Waals surface area contributed by atoms with Crippen molar-refractivity contribution in [3.05, 3.63) is 98.9 Å². The molecule has 0 aliphatic heterocycles. The van der Waals surface area contributed by atoms with Crippen LogP contribution in [0.4, 0.5) is 5.69 Å². The Balaban J connectivity index is 2.03. The van der Waals surface area contributed by atoms with Crippen molar-refractivity contribution in [1.82, 2.24) is 10.2 Å². The molecule has 1 atom stereocenters. The number of hydrogen-bond acceptors (Lipinski definition) is 4. The largest absolute Gasteiger partial charge is 0.354 e. The molecule has 1 N–H and O–H groups in total. The normalized spacial score (nSPS) is 12.0. The van der Waals surface area contributed by atoms with Gasteiger partial charge in [-0.15, -0.1) is 0 Å². The minimum Gasteiger partial charge on any atom is -0.354 e. The smallest absolute Gasteiger partial charge is 0.244 e. The number of para-hydroxylation sites is 1. The van der Waals surface area contributed by atoms with E-state index in [4.69, 9.17) is 0 Å². The Hall–Kier alpha value is -2.69. The van der Waals surface area contributed by atoms with Gasteiger partial charge in [0.25, 0.3) is 0 Å². The fourth-order valence-electron chi connectivity index (χ4n) is 4.10. The van der Waals surface area contributed by atoms with Crippen molar-refractivity contribution in [1.29, 1.82) is 0 Å². The fourth-order valence-corrected chi connectivity index (χ4v) is 5.84. The maximum absolute atomic E-state index is 14.0. The van der Waals surface area contributed by atoms with E-state index in [0.29, 0.717) is 16.7 Å². The lowest BCUT2D eigenvalue weighted by molar-refractivity contribution is -0.140. The summed E-state index contributed by atoms with van der Waals surface area (Å²) in [5.74, 6) is -0.754. The highest BCUT2D eigenvalue weighted by atomic mass is 79.9. The first kappa shape index (κ1) is 30.8. The summed E-state index contributed by atoms with van der Waals surface area (Å²) in [7, 11) is -3.82. The number of rotatable bonds is 13. The number of sulfonamides is 1. The van der Waals surface area contributed by atoms with Crippen molar-refractivity contribution in [3.63, 3.8) is 0 Å². The number of unbranched alkanes of at least 4 members (excludes halogenated alkanes) is 1. The number of anilines is 1. The van der Waals surface area contributed by atoms with Crippen LogP contribution in [-0.4, -0.2) is 50.5 Å². The summed E-state index contributed by atoms with van der Waals surface area (Å²) < 4.78 is 28.2. The van der Waals surface area contributed by atoms with E-state index in [1.165, 1.54) is 4.90 Å². The Morgan fingerprint density at radius 1 is 0.897 bits per heavy atom. The van der Waals surface area contributed by atoms with Gasteiger partial charge in [-0.25, -0.2) is 8.42 Å². The third kappa shape index (κ3) is 9.19. The molecule has 0 aromatic heterocycles. The predicted molar refractivity (Wildman–Crippen MR) is 163 cm³/mol. The molecule has 10 heteroatoms. The predicted octanol–water partition coefficient (Wildman–Crippen LogP) is 5.53. The Morgan fingerprint density at radius 2 is 1.54 bits per heavy atom. The second kappa shape index (κ2) is 14.6. The topological polar surface area (TPSA) is 86.8 Å². The van der Waals surface area contributed by atoms with Crippen LogP contribution >= 0.6 is 31.9 Å².